The number of halogens is 3. The molecule has 0 spiro atoms. The number of hydrogen-bond acceptors (Lipinski definition) is 7. The molecule has 0 saturated carbocycles. The smallest absolute Gasteiger partial charge is 0.416 e. The molecule has 0 aliphatic carbocycles. The number of hydrogen-bond donors (Lipinski definition) is 2. The van der Waals surface area contributed by atoms with Gasteiger partial charge in [0.1, 0.15) is 18.1 Å². The minimum absolute atomic E-state index is 0.00691. The van der Waals surface area contributed by atoms with Gasteiger partial charge >= 0.3 is 6.18 Å². The fraction of sp³-hybridized carbons (Fsp3) is 0.261. The fourth-order valence-electron chi connectivity index (χ4n) is 3.91. The first kappa shape index (κ1) is 23.9. The molecule has 12 heteroatoms. The normalized spacial score (nSPS) is 15.2. The lowest BCUT2D eigenvalue weighted by Crippen LogP contribution is -2.31. The van der Waals surface area contributed by atoms with Gasteiger partial charge in [0.15, 0.2) is 11.5 Å². The Hall–Kier alpha value is -4.22. The Labute approximate surface area is 198 Å². The lowest BCUT2D eigenvalue weighted by Gasteiger charge is -2.30. The van der Waals surface area contributed by atoms with Gasteiger partial charge in [-0.15, -0.1) is 0 Å². The Morgan fingerprint density at radius 3 is 2.40 bits per heavy atom. The number of aromatic nitrogens is 3. The standard InChI is InChI=1S/C23H22F3N5O4/c1-12-19(21(32)30-14-7-5-6-13(8-14)23(24,25)26)20(31-22(29-12)27-11-28-31)15-9-17(34-3)18(35-4)10-16(15)33-2/h5-11,20H,1-4H3,(H,30,32)(H,27,28,29). The summed E-state index contributed by atoms with van der Waals surface area (Å²) in [4.78, 5) is 17.7. The average molecular weight is 489 g/mol. The molecule has 9 nitrogen and oxygen atoms in total. The van der Waals surface area contributed by atoms with E-state index in [2.05, 4.69) is 20.7 Å². The molecule has 1 aliphatic rings. The van der Waals surface area contributed by atoms with E-state index in [4.69, 9.17) is 14.2 Å². The molecule has 1 aromatic heterocycles. The predicted molar refractivity (Wildman–Crippen MR) is 121 cm³/mol. The van der Waals surface area contributed by atoms with Crippen molar-refractivity contribution in [2.24, 2.45) is 0 Å². The zero-order chi connectivity index (χ0) is 25.3. The van der Waals surface area contributed by atoms with E-state index in [1.807, 2.05) is 0 Å². The van der Waals surface area contributed by atoms with Gasteiger partial charge < -0.3 is 24.8 Å². The fourth-order valence-corrected chi connectivity index (χ4v) is 3.91. The first-order valence-electron chi connectivity index (χ1n) is 10.3. The van der Waals surface area contributed by atoms with Crippen LogP contribution in [0.3, 0.4) is 0 Å². The van der Waals surface area contributed by atoms with E-state index >= 15 is 0 Å². The summed E-state index contributed by atoms with van der Waals surface area (Å²) in [6.45, 7) is 1.67. The summed E-state index contributed by atoms with van der Waals surface area (Å²) in [5.41, 5.74) is 0.265. The second kappa shape index (κ2) is 9.20. The van der Waals surface area contributed by atoms with Crippen LogP contribution in [0.1, 0.15) is 24.1 Å². The number of carbonyl (C=O) groups is 1. The van der Waals surface area contributed by atoms with Gasteiger partial charge in [-0.3, -0.25) is 4.79 Å². The maximum Gasteiger partial charge on any atom is 0.416 e. The summed E-state index contributed by atoms with van der Waals surface area (Å²) in [6.07, 6.45) is -3.23. The van der Waals surface area contributed by atoms with E-state index in [1.54, 1.807) is 19.1 Å². The molecule has 35 heavy (non-hydrogen) atoms. The molecule has 0 fully saturated rings. The van der Waals surface area contributed by atoms with Crippen LogP contribution in [0, 0.1) is 0 Å². The monoisotopic (exact) mass is 489 g/mol. The first-order valence-corrected chi connectivity index (χ1v) is 10.3. The van der Waals surface area contributed by atoms with Crippen LogP contribution >= 0.6 is 0 Å². The highest BCUT2D eigenvalue weighted by atomic mass is 19.4. The molecule has 0 saturated heterocycles. The van der Waals surface area contributed by atoms with Gasteiger partial charge in [0.25, 0.3) is 5.91 Å². The van der Waals surface area contributed by atoms with Gasteiger partial charge in [0, 0.05) is 23.0 Å². The number of fused-ring (bicyclic) bond motifs is 1. The number of rotatable bonds is 6. The maximum absolute atomic E-state index is 13.5. The number of amides is 1. The van der Waals surface area contributed by atoms with Crippen molar-refractivity contribution < 1.29 is 32.2 Å². The summed E-state index contributed by atoms with van der Waals surface area (Å²) in [6, 6.07) is 6.84. The Bertz CT molecular complexity index is 1300. The predicted octanol–water partition coefficient (Wildman–Crippen LogP) is 4.25. The van der Waals surface area contributed by atoms with Crippen molar-refractivity contribution in [2.45, 2.75) is 19.1 Å². The number of allylic oxidation sites excluding steroid dienone is 1. The SMILES string of the molecule is COc1cc(OC)c(C2C(C(=O)Nc3cccc(C(F)(F)F)c3)=C(C)Nc3ncnn32)cc1OC. The van der Waals surface area contributed by atoms with Crippen molar-refractivity contribution in [1.82, 2.24) is 14.8 Å². The molecule has 0 radical (unpaired) electrons. The molecule has 3 aromatic rings. The largest absolute Gasteiger partial charge is 0.496 e. The molecule has 2 heterocycles. The van der Waals surface area contributed by atoms with Crippen molar-refractivity contribution in [3.63, 3.8) is 0 Å². The van der Waals surface area contributed by atoms with E-state index in [1.165, 1.54) is 44.5 Å². The summed E-state index contributed by atoms with van der Waals surface area (Å²) in [5, 5.41) is 9.84. The maximum atomic E-state index is 13.5. The van der Waals surface area contributed by atoms with E-state index in [0.29, 0.717) is 34.5 Å². The molecular formula is C23H22F3N5O4. The van der Waals surface area contributed by atoms with Crippen LogP contribution in [0.4, 0.5) is 24.8 Å². The summed E-state index contributed by atoms with van der Waals surface area (Å²) in [7, 11) is 4.42. The van der Waals surface area contributed by atoms with Crippen molar-refractivity contribution >= 4 is 17.5 Å². The lowest BCUT2D eigenvalue weighted by atomic mass is 9.93. The van der Waals surface area contributed by atoms with Crippen molar-refractivity contribution in [3.8, 4) is 17.2 Å². The summed E-state index contributed by atoms with van der Waals surface area (Å²) in [5.74, 6) is 0.931. The van der Waals surface area contributed by atoms with E-state index in [0.717, 1.165) is 12.1 Å². The van der Waals surface area contributed by atoms with Gasteiger partial charge in [-0.05, 0) is 31.2 Å². The highest BCUT2D eigenvalue weighted by Crippen LogP contribution is 2.44. The number of nitrogens with one attached hydrogen (secondary N) is 2. The Morgan fingerprint density at radius 2 is 1.74 bits per heavy atom. The average Bonchev–Trinajstić information content (AvgIpc) is 3.29. The Morgan fingerprint density at radius 1 is 1.06 bits per heavy atom. The molecular weight excluding hydrogens is 467 g/mol. The van der Waals surface area contributed by atoms with Gasteiger partial charge in [0.05, 0.1) is 32.5 Å². The van der Waals surface area contributed by atoms with Crippen LogP contribution in [0.5, 0.6) is 17.2 Å². The van der Waals surface area contributed by atoms with Crippen LogP contribution in [0.15, 0.2) is 54.0 Å². The number of alkyl halides is 3. The van der Waals surface area contributed by atoms with E-state index in [9.17, 15) is 18.0 Å². The van der Waals surface area contributed by atoms with Crippen molar-refractivity contribution in [3.05, 3.63) is 65.1 Å². The number of nitrogens with zero attached hydrogens (tertiary/aromatic N) is 3. The molecule has 1 amide bonds. The first-order chi connectivity index (χ1) is 16.7. The van der Waals surface area contributed by atoms with Crippen LogP contribution in [0.2, 0.25) is 0 Å². The molecule has 0 bridgehead atoms. The third-order valence-electron chi connectivity index (χ3n) is 5.52. The molecule has 1 unspecified atom stereocenters. The van der Waals surface area contributed by atoms with E-state index in [-0.39, 0.29) is 11.3 Å². The quantitative estimate of drug-likeness (QED) is 0.534. The summed E-state index contributed by atoms with van der Waals surface area (Å²) >= 11 is 0. The molecule has 2 aromatic carbocycles. The topological polar surface area (TPSA) is 99.5 Å². The minimum Gasteiger partial charge on any atom is -0.496 e. The van der Waals surface area contributed by atoms with Gasteiger partial charge in [-0.25, -0.2) is 4.68 Å². The molecule has 4 rings (SSSR count). The lowest BCUT2D eigenvalue weighted by molar-refractivity contribution is -0.137. The minimum atomic E-state index is -4.55. The van der Waals surface area contributed by atoms with Crippen molar-refractivity contribution in [1.29, 1.82) is 0 Å². The van der Waals surface area contributed by atoms with Gasteiger partial charge in [-0.2, -0.15) is 23.3 Å². The number of anilines is 2. The van der Waals surface area contributed by atoms with Gasteiger partial charge in [-0.1, -0.05) is 6.07 Å². The zero-order valence-corrected chi connectivity index (χ0v) is 19.2. The van der Waals surface area contributed by atoms with Crippen LogP contribution in [-0.4, -0.2) is 42.0 Å². The van der Waals surface area contributed by atoms with Crippen LogP contribution < -0.4 is 24.8 Å². The second-order valence-corrected chi connectivity index (χ2v) is 7.58. The highest BCUT2D eigenvalue weighted by molar-refractivity contribution is 6.06. The molecule has 184 valence electrons. The van der Waals surface area contributed by atoms with E-state index < -0.39 is 23.7 Å². The number of ether oxygens (including phenoxy) is 3. The zero-order valence-electron chi connectivity index (χ0n) is 19.2. The number of methoxy groups -OCH3 is 3. The molecule has 1 atom stereocenters. The Kier molecular flexibility index (Phi) is 6.29. The van der Waals surface area contributed by atoms with Crippen LogP contribution in [-0.2, 0) is 11.0 Å². The van der Waals surface area contributed by atoms with Crippen molar-refractivity contribution in [2.75, 3.05) is 32.0 Å². The third kappa shape index (κ3) is 4.46. The second-order valence-electron chi connectivity index (χ2n) is 7.58. The highest BCUT2D eigenvalue weighted by Gasteiger charge is 2.36. The molecule has 1 aliphatic heterocycles. The number of benzene rings is 2. The van der Waals surface area contributed by atoms with Gasteiger partial charge in [0.2, 0.25) is 5.95 Å². The molecule has 2 N–H and O–H groups in total. The Balaban J connectivity index is 1.82. The summed E-state index contributed by atoms with van der Waals surface area (Å²) < 4.78 is 57.3. The van der Waals surface area contributed by atoms with Crippen LogP contribution in [0.25, 0.3) is 0 Å². The third-order valence-corrected chi connectivity index (χ3v) is 5.52. The number of carbonyl (C=O) groups excluding carboxylic acids is 1.